The summed E-state index contributed by atoms with van der Waals surface area (Å²) in [5, 5.41) is 11.6. The van der Waals surface area contributed by atoms with E-state index in [4.69, 9.17) is 0 Å². The minimum Gasteiger partial charge on any atom is -0.390 e. The second kappa shape index (κ2) is 5.95. The number of hydrogen-bond acceptors (Lipinski definition) is 4. The van der Waals surface area contributed by atoms with Gasteiger partial charge >= 0.3 is 0 Å². The quantitative estimate of drug-likeness (QED) is 0.939. The Bertz CT molecular complexity index is 648. The highest BCUT2D eigenvalue weighted by atomic mass is 16.3. The van der Waals surface area contributed by atoms with Crippen LogP contribution in [0.15, 0.2) is 36.5 Å². The van der Waals surface area contributed by atoms with E-state index < -0.39 is 0 Å². The molecule has 2 aliphatic heterocycles. The van der Waals surface area contributed by atoms with Crippen LogP contribution in [0.1, 0.15) is 18.4 Å². The molecule has 0 aliphatic carbocycles. The molecule has 2 aromatic rings. The van der Waals surface area contributed by atoms with E-state index in [1.807, 2.05) is 12.3 Å². The minimum absolute atomic E-state index is 0.216. The summed E-state index contributed by atoms with van der Waals surface area (Å²) >= 11 is 0. The first-order chi connectivity index (χ1) is 10.8. The Morgan fingerprint density at radius 1 is 1.09 bits per heavy atom. The number of fused-ring (bicyclic) bond motifs is 1. The first-order valence-electron chi connectivity index (χ1n) is 8.28. The predicted octanol–water partition coefficient (Wildman–Crippen LogP) is 1.88. The van der Waals surface area contributed by atoms with Crippen molar-refractivity contribution in [2.24, 2.45) is 0 Å². The molecule has 0 radical (unpaired) electrons. The normalized spacial score (nSPS) is 27.0. The molecule has 2 atom stereocenters. The van der Waals surface area contributed by atoms with E-state index >= 15 is 0 Å². The van der Waals surface area contributed by atoms with E-state index in [0.29, 0.717) is 6.04 Å². The number of hydrogen-bond donors (Lipinski definition) is 1. The van der Waals surface area contributed by atoms with Gasteiger partial charge in [-0.05, 0) is 43.6 Å². The Kier molecular flexibility index (Phi) is 3.82. The lowest BCUT2D eigenvalue weighted by Crippen LogP contribution is -2.41. The molecule has 2 fully saturated rings. The molecule has 2 aliphatic rings. The average Bonchev–Trinajstić information content (AvgIpc) is 3.17. The van der Waals surface area contributed by atoms with Crippen molar-refractivity contribution >= 4 is 10.9 Å². The third-order valence-corrected chi connectivity index (χ3v) is 5.08. The van der Waals surface area contributed by atoms with Crippen LogP contribution in [0.25, 0.3) is 10.9 Å². The lowest BCUT2D eigenvalue weighted by Gasteiger charge is -2.25. The van der Waals surface area contributed by atoms with Gasteiger partial charge < -0.3 is 5.11 Å². The molecular formula is C18H23N3O. The standard InChI is InChI=1S/C18H23N3O/c22-18-13-20(12-17(18)21-9-3-4-10-21)11-14-7-8-19-16-6-2-1-5-15(14)16/h1-2,5-8,17-18,22H,3-4,9-13H2/t17-,18-/m0/s1. The number of aromatic nitrogens is 1. The van der Waals surface area contributed by atoms with Crippen LogP contribution in [0.3, 0.4) is 0 Å². The van der Waals surface area contributed by atoms with Gasteiger partial charge in [0.2, 0.25) is 0 Å². The molecule has 0 bridgehead atoms. The van der Waals surface area contributed by atoms with E-state index in [-0.39, 0.29) is 6.10 Å². The smallest absolute Gasteiger partial charge is 0.0834 e. The second-order valence-corrected chi connectivity index (χ2v) is 6.56. The average molecular weight is 297 g/mol. The minimum atomic E-state index is -0.216. The van der Waals surface area contributed by atoms with E-state index in [2.05, 4.69) is 39.0 Å². The van der Waals surface area contributed by atoms with Crippen LogP contribution in [0.5, 0.6) is 0 Å². The maximum absolute atomic E-state index is 10.4. The Morgan fingerprint density at radius 2 is 1.91 bits per heavy atom. The third-order valence-electron chi connectivity index (χ3n) is 5.08. The molecule has 1 aromatic carbocycles. The van der Waals surface area contributed by atoms with E-state index in [1.165, 1.54) is 23.8 Å². The highest BCUT2D eigenvalue weighted by Crippen LogP contribution is 2.24. The lowest BCUT2D eigenvalue weighted by molar-refractivity contribution is 0.0978. The molecule has 4 nitrogen and oxygen atoms in total. The molecule has 1 aromatic heterocycles. The summed E-state index contributed by atoms with van der Waals surface area (Å²) in [6.45, 7) is 4.93. The molecule has 4 heteroatoms. The summed E-state index contributed by atoms with van der Waals surface area (Å²) in [5.74, 6) is 0. The molecular weight excluding hydrogens is 274 g/mol. The van der Waals surface area contributed by atoms with Crippen molar-refractivity contribution in [3.63, 3.8) is 0 Å². The number of para-hydroxylation sites is 1. The molecule has 4 rings (SSSR count). The maximum Gasteiger partial charge on any atom is 0.0834 e. The van der Waals surface area contributed by atoms with Crippen LogP contribution in [0.2, 0.25) is 0 Å². The summed E-state index contributed by atoms with van der Waals surface area (Å²) in [6.07, 6.45) is 4.23. The van der Waals surface area contributed by atoms with E-state index in [0.717, 1.165) is 38.2 Å². The predicted molar refractivity (Wildman–Crippen MR) is 87.6 cm³/mol. The molecule has 0 spiro atoms. The molecule has 0 amide bonds. The van der Waals surface area contributed by atoms with Crippen LogP contribution in [0, 0.1) is 0 Å². The van der Waals surface area contributed by atoms with Crippen molar-refractivity contribution in [1.29, 1.82) is 0 Å². The van der Waals surface area contributed by atoms with Crippen molar-refractivity contribution in [3.8, 4) is 0 Å². The number of benzene rings is 1. The van der Waals surface area contributed by atoms with Crippen LogP contribution in [0.4, 0.5) is 0 Å². The van der Waals surface area contributed by atoms with Crippen LogP contribution in [-0.2, 0) is 6.54 Å². The van der Waals surface area contributed by atoms with E-state index in [1.54, 1.807) is 0 Å². The van der Waals surface area contributed by atoms with Gasteiger partial charge in [0.05, 0.1) is 11.6 Å². The lowest BCUT2D eigenvalue weighted by atomic mass is 10.1. The maximum atomic E-state index is 10.4. The van der Waals surface area contributed by atoms with E-state index in [9.17, 15) is 5.11 Å². The molecule has 1 N–H and O–H groups in total. The van der Waals surface area contributed by atoms with Crippen molar-refractivity contribution in [2.45, 2.75) is 31.5 Å². The van der Waals surface area contributed by atoms with Gasteiger partial charge in [-0.2, -0.15) is 0 Å². The van der Waals surface area contributed by atoms with Gasteiger partial charge in [0.1, 0.15) is 0 Å². The van der Waals surface area contributed by atoms with Crippen molar-refractivity contribution in [1.82, 2.24) is 14.8 Å². The van der Waals surface area contributed by atoms with Gasteiger partial charge in [0.15, 0.2) is 0 Å². The molecule has 0 unspecified atom stereocenters. The zero-order valence-corrected chi connectivity index (χ0v) is 12.9. The largest absolute Gasteiger partial charge is 0.390 e. The number of rotatable bonds is 3. The van der Waals surface area contributed by atoms with Gasteiger partial charge in [-0.1, -0.05) is 18.2 Å². The molecule has 116 valence electrons. The van der Waals surface area contributed by atoms with Gasteiger partial charge in [-0.25, -0.2) is 0 Å². The number of aliphatic hydroxyl groups excluding tert-OH is 1. The number of nitrogens with zero attached hydrogens (tertiary/aromatic N) is 3. The van der Waals surface area contributed by atoms with Gasteiger partial charge in [0, 0.05) is 37.3 Å². The number of aliphatic hydroxyl groups is 1. The first kappa shape index (κ1) is 14.1. The highest BCUT2D eigenvalue weighted by molar-refractivity contribution is 5.81. The SMILES string of the molecule is O[C@H]1CN(Cc2ccnc3ccccc23)C[C@@H]1N1CCCC1. The monoisotopic (exact) mass is 297 g/mol. The third kappa shape index (κ3) is 2.62. The molecule has 0 saturated carbocycles. The van der Waals surface area contributed by atoms with Crippen LogP contribution < -0.4 is 0 Å². The Labute approximate surface area is 131 Å². The Hall–Kier alpha value is -1.49. The summed E-state index contributed by atoms with van der Waals surface area (Å²) in [5.41, 5.74) is 2.36. The first-order valence-corrected chi connectivity index (χ1v) is 8.28. The molecule has 3 heterocycles. The number of pyridine rings is 1. The number of likely N-dealkylation sites (tertiary alicyclic amines) is 2. The van der Waals surface area contributed by atoms with Crippen LogP contribution in [-0.4, -0.2) is 58.2 Å². The van der Waals surface area contributed by atoms with Crippen LogP contribution >= 0.6 is 0 Å². The van der Waals surface area contributed by atoms with Crippen molar-refractivity contribution in [2.75, 3.05) is 26.2 Å². The summed E-state index contributed by atoms with van der Waals surface area (Å²) < 4.78 is 0. The zero-order chi connectivity index (χ0) is 14.9. The van der Waals surface area contributed by atoms with Gasteiger partial charge in [-0.3, -0.25) is 14.8 Å². The Morgan fingerprint density at radius 3 is 2.77 bits per heavy atom. The van der Waals surface area contributed by atoms with Crippen molar-refractivity contribution < 1.29 is 5.11 Å². The fraction of sp³-hybridized carbons (Fsp3) is 0.500. The second-order valence-electron chi connectivity index (χ2n) is 6.56. The molecule has 22 heavy (non-hydrogen) atoms. The topological polar surface area (TPSA) is 39.6 Å². The van der Waals surface area contributed by atoms with Crippen molar-refractivity contribution in [3.05, 3.63) is 42.1 Å². The fourth-order valence-corrected chi connectivity index (χ4v) is 3.94. The zero-order valence-electron chi connectivity index (χ0n) is 12.9. The summed E-state index contributed by atoms with van der Waals surface area (Å²) in [7, 11) is 0. The highest BCUT2D eigenvalue weighted by Gasteiger charge is 2.36. The van der Waals surface area contributed by atoms with Gasteiger partial charge in [-0.15, -0.1) is 0 Å². The summed E-state index contributed by atoms with van der Waals surface area (Å²) in [4.78, 5) is 9.29. The summed E-state index contributed by atoms with van der Waals surface area (Å²) in [6, 6.07) is 10.7. The fourth-order valence-electron chi connectivity index (χ4n) is 3.94. The van der Waals surface area contributed by atoms with Gasteiger partial charge in [0.25, 0.3) is 0 Å². The molecule has 2 saturated heterocycles. The Balaban J connectivity index is 1.51. The number of β-amino-alcohol motifs (C(OH)–C–C–N with tert-alkyl or cyclic N) is 1.